The average Bonchev–Trinajstić information content (AvgIpc) is 2.62. The van der Waals surface area contributed by atoms with Gasteiger partial charge in [-0.25, -0.2) is 8.42 Å². The zero-order chi connectivity index (χ0) is 19.5. The minimum Gasteiger partial charge on any atom is -0.481 e. The summed E-state index contributed by atoms with van der Waals surface area (Å²) >= 11 is 0. The Kier molecular flexibility index (Phi) is 6.41. The quantitative estimate of drug-likeness (QED) is 0.812. The number of nitrogens with zero attached hydrogens (tertiary/aromatic N) is 2. The lowest BCUT2D eigenvalue weighted by atomic mass is 9.92. The fourth-order valence-corrected chi connectivity index (χ4v) is 5.08. The van der Waals surface area contributed by atoms with Crippen LogP contribution in [0.1, 0.15) is 44.0 Å². The highest BCUT2D eigenvalue weighted by molar-refractivity contribution is 7.89. The second-order valence-corrected chi connectivity index (χ2v) is 8.34. The zero-order valence-corrected chi connectivity index (χ0v) is 16.2. The minimum atomic E-state index is -3.81. The van der Waals surface area contributed by atoms with Crippen molar-refractivity contribution in [2.45, 2.75) is 44.6 Å². The zero-order valence-electron chi connectivity index (χ0n) is 15.4. The molecule has 1 fully saturated rings. The number of hydrogen-bond donors (Lipinski definition) is 1. The Hall–Kier alpha value is -1.93. The van der Waals surface area contributed by atoms with Gasteiger partial charge in [0.1, 0.15) is 0 Å². The fraction of sp³-hybridized carbons (Fsp3) is 0.556. The van der Waals surface area contributed by atoms with Crippen molar-refractivity contribution in [3.05, 3.63) is 29.8 Å². The van der Waals surface area contributed by atoms with Crippen molar-refractivity contribution in [1.82, 2.24) is 9.21 Å². The molecule has 2 rings (SSSR count). The molecule has 0 bridgehead atoms. The summed E-state index contributed by atoms with van der Waals surface area (Å²) in [6.45, 7) is 6.86. The van der Waals surface area contributed by atoms with Crippen LogP contribution in [0.4, 0.5) is 0 Å². The van der Waals surface area contributed by atoms with Gasteiger partial charge in [-0.2, -0.15) is 4.31 Å². The smallest absolute Gasteiger partial charge is 0.308 e. The van der Waals surface area contributed by atoms with Crippen molar-refractivity contribution in [2.75, 3.05) is 19.6 Å². The molecule has 8 heteroatoms. The highest BCUT2D eigenvalue weighted by atomic mass is 32.2. The predicted molar refractivity (Wildman–Crippen MR) is 97.4 cm³/mol. The van der Waals surface area contributed by atoms with Crippen LogP contribution in [0, 0.1) is 5.92 Å². The van der Waals surface area contributed by atoms with Crippen LogP contribution < -0.4 is 0 Å². The lowest BCUT2D eigenvalue weighted by Gasteiger charge is -2.36. The molecule has 0 aliphatic carbocycles. The number of rotatable bonds is 6. The Morgan fingerprint density at radius 1 is 1.19 bits per heavy atom. The number of carbonyl (C=O) groups excluding carboxylic acids is 1. The topological polar surface area (TPSA) is 95.0 Å². The fourth-order valence-electron chi connectivity index (χ4n) is 3.38. The van der Waals surface area contributed by atoms with Gasteiger partial charge in [-0.3, -0.25) is 9.59 Å². The van der Waals surface area contributed by atoms with Crippen LogP contribution in [0.5, 0.6) is 0 Å². The summed E-state index contributed by atoms with van der Waals surface area (Å²) in [5.41, 5.74) is 0.433. The summed E-state index contributed by atoms with van der Waals surface area (Å²) in [4.78, 5) is 25.4. The summed E-state index contributed by atoms with van der Waals surface area (Å²) in [5.74, 6) is -1.82. The molecule has 0 radical (unpaired) electrons. The maximum absolute atomic E-state index is 12.9. The van der Waals surface area contributed by atoms with Crippen molar-refractivity contribution in [3.8, 4) is 0 Å². The Bertz CT molecular complexity index is 756. The van der Waals surface area contributed by atoms with E-state index in [9.17, 15) is 23.1 Å². The number of amides is 1. The van der Waals surface area contributed by atoms with Gasteiger partial charge in [-0.05, 0) is 57.9 Å². The van der Waals surface area contributed by atoms with E-state index in [4.69, 9.17) is 0 Å². The SMILES string of the molecule is CCN(CC)C(=O)c1ccc(S(=O)(=O)N2CCC[C@H](C(=O)O)[C@@H]2C)cc1. The van der Waals surface area contributed by atoms with E-state index in [0.29, 0.717) is 38.0 Å². The standard InChI is InChI=1S/C18H26N2O5S/c1-4-19(5-2)17(21)14-8-10-15(11-9-14)26(24,25)20-12-6-7-16(13(20)3)18(22)23/h8-11,13,16H,4-7,12H2,1-3H3,(H,22,23)/t13-,16-/m0/s1. The van der Waals surface area contributed by atoms with E-state index >= 15 is 0 Å². The number of carboxylic acid groups (broad SMARTS) is 1. The molecule has 1 amide bonds. The van der Waals surface area contributed by atoms with E-state index in [0.717, 1.165) is 0 Å². The first-order chi connectivity index (χ1) is 12.2. The Morgan fingerprint density at radius 3 is 2.27 bits per heavy atom. The molecule has 0 unspecified atom stereocenters. The summed E-state index contributed by atoms with van der Waals surface area (Å²) in [7, 11) is -3.81. The monoisotopic (exact) mass is 382 g/mol. The number of benzene rings is 1. The van der Waals surface area contributed by atoms with Gasteiger partial charge in [0.15, 0.2) is 0 Å². The normalized spacial score (nSPS) is 21.3. The van der Waals surface area contributed by atoms with Gasteiger partial charge < -0.3 is 10.0 Å². The molecule has 1 aromatic rings. The van der Waals surface area contributed by atoms with Crippen molar-refractivity contribution in [3.63, 3.8) is 0 Å². The van der Waals surface area contributed by atoms with Crippen LogP contribution in [0.2, 0.25) is 0 Å². The third-order valence-electron chi connectivity index (χ3n) is 5.01. The molecule has 1 aromatic carbocycles. The van der Waals surface area contributed by atoms with Crippen LogP contribution in [0.15, 0.2) is 29.2 Å². The van der Waals surface area contributed by atoms with Crippen molar-refractivity contribution in [1.29, 1.82) is 0 Å². The molecular weight excluding hydrogens is 356 g/mol. The van der Waals surface area contributed by atoms with Gasteiger partial charge in [0.25, 0.3) is 5.91 Å². The molecule has 1 aliphatic heterocycles. The van der Waals surface area contributed by atoms with Crippen LogP contribution in [0.3, 0.4) is 0 Å². The second-order valence-electron chi connectivity index (χ2n) is 6.45. The maximum Gasteiger partial charge on any atom is 0.308 e. The van der Waals surface area contributed by atoms with E-state index in [1.165, 1.54) is 28.6 Å². The molecule has 0 aromatic heterocycles. The minimum absolute atomic E-state index is 0.0754. The Morgan fingerprint density at radius 2 is 1.77 bits per heavy atom. The van der Waals surface area contributed by atoms with Crippen molar-refractivity contribution >= 4 is 21.9 Å². The summed E-state index contributed by atoms with van der Waals surface area (Å²) in [6, 6.07) is 5.25. The highest BCUT2D eigenvalue weighted by Crippen LogP contribution is 2.29. The predicted octanol–water partition coefficient (Wildman–Crippen LogP) is 2.04. The van der Waals surface area contributed by atoms with E-state index in [1.54, 1.807) is 11.8 Å². The third kappa shape index (κ3) is 3.91. The number of carbonyl (C=O) groups is 2. The molecule has 1 saturated heterocycles. The van der Waals surface area contributed by atoms with E-state index in [-0.39, 0.29) is 10.8 Å². The summed E-state index contributed by atoms with van der Waals surface area (Å²) in [5, 5.41) is 9.30. The van der Waals surface area contributed by atoms with E-state index < -0.39 is 28.0 Å². The van der Waals surface area contributed by atoms with Gasteiger partial charge >= 0.3 is 5.97 Å². The molecular formula is C18H26N2O5S. The number of aliphatic carboxylic acids is 1. The van der Waals surface area contributed by atoms with Gasteiger partial charge in [-0.15, -0.1) is 0 Å². The number of sulfonamides is 1. The molecule has 0 spiro atoms. The van der Waals surface area contributed by atoms with Gasteiger partial charge in [0, 0.05) is 31.2 Å². The van der Waals surface area contributed by atoms with Gasteiger partial charge in [0.2, 0.25) is 10.0 Å². The molecule has 7 nitrogen and oxygen atoms in total. The lowest BCUT2D eigenvalue weighted by Crippen LogP contribution is -2.48. The first-order valence-corrected chi connectivity index (χ1v) is 10.3. The molecule has 26 heavy (non-hydrogen) atoms. The molecule has 2 atom stereocenters. The Labute approximate surface area is 154 Å². The van der Waals surface area contributed by atoms with Crippen LogP contribution in [-0.4, -0.2) is 60.3 Å². The van der Waals surface area contributed by atoms with Crippen molar-refractivity contribution in [2.24, 2.45) is 5.92 Å². The molecule has 0 saturated carbocycles. The Balaban J connectivity index is 2.27. The third-order valence-corrected chi connectivity index (χ3v) is 7.01. The highest BCUT2D eigenvalue weighted by Gasteiger charge is 2.39. The van der Waals surface area contributed by atoms with Crippen molar-refractivity contribution < 1.29 is 23.1 Å². The molecule has 1 aliphatic rings. The number of hydrogen-bond acceptors (Lipinski definition) is 4. The van der Waals surface area contributed by atoms with Crippen LogP contribution >= 0.6 is 0 Å². The maximum atomic E-state index is 12.9. The molecule has 1 N–H and O–H groups in total. The first kappa shape index (κ1) is 20.4. The average molecular weight is 382 g/mol. The lowest BCUT2D eigenvalue weighted by molar-refractivity contribution is -0.144. The second kappa shape index (κ2) is 8.18. The molecule has 1 heterocycles. The largest absolute Gasteiger partial charge is 0.481 e. The summed E-state index contributed by atoms with van der Waals surface area (Å²) in [6.07, 6.45) is 0.985. The molecule has 144 valence electrons. The van der Waals surface area contributed by atoms with Crippen LogP contribution in [0.25, 0.3) is 0 Å². The van der Waals surface area contributed by atoms with Gasteiger partial charge in [0.05, 0.1) is 10.8 Å². The van der Waals surface area contributed by atoms with E-state index in [1.807, 2.05) is 13.8 Å². The summed E-state index contributed by atoms with van der Waals surface area (Å²) < 4.78 is 27.1. The van der Waals surface area contributed by atoms with Gasteiger partial charge in [-0.1, -0.05) is 0 Å². The van der Waals surface area contributed by atoms with Crippen LogP contribution in [-0.2, 0) is 14.8 Å². The number of piperidine rings is 1. The first-order valence-electron chi connectivity index (χ1n) is 8.88. The number of carboxylic acids is 1. The van der Waals surface area contributed by atoms with E-state index in [2.05, 4.69) is 0 Å².